The van der Waals surface area contributed by atoms with Crippen LogP contribution < -0.4 is 20.3 Å². The molecule has 0 spiro atoms. The molecule has 3 aromatic rings. The normalized spacial score (nSPS) is 21.5. The maximum atomic E-state index is 13.3. The first-order chi connectivity index (χ1) is 18.5. The number of likely N-dealkylation sites (tertiary alicyclic amines) is 1. The van der Waals surface area contributed by atoms with Gasteiger partial charge < -0.3 is 20.3 Å². The molecule has 2 N–H and O–H groups in total. The van der Waals surface area contributed by atoms with Crippen molar-refractivity contribution in [2.24, 2.45) is 0 Å². The van der Waals surface area contributed by atoms with Crippen LogP contribution in [0, 0.1) is 0 Å². The van der Waals surface area contributed by atoms with Crippen molar-refractivity contribution in [3.63, 3.8) is 0 Å². The topological polar surface area (TPSA) is 130 Å². The zero-order valence-corrected chi connectivity index (χ0v) is 20.9. The van der Waals surface area contributed by atoms with E-state index >= 15 is 0 Å². The summed E-state index contributed by atoms with van der Waals surface area (Å²) in [4.78, 5) is 46.3. The van der Waals surface area contributed by atoms with Gasteiger partial charge in [0.15, 0.2) is 0 Å². The lowest BCUT2D eigenvalue weighted by Gasteiger charge is -2.34. The molecule has 0 aliphatic carbocycles. The Morgan fingerprint density at radius 2 is 2.03 bits per heavy atom. The molecule has 6 rings (SSSR count). The summed E-state index contributed by atoms with van der Waals surface area (Å²) >= 11 is 1.33. The Labute approximate surface area is 222 Å². The summed E-state index contributed by atoms with van der Waals surface area (Å²) in [5, 5.41) is 13.9. The van der Waals surface area contributed by atoms with Crippen LogP contribution in [-0.2, 0) is 9.59 Å². The summed E-state index contributed by atoms with van der Waals surface area (Å²) in [6, 6.07) is 11.3. The van der Waals surface area contributed by atoms with E-state index in [4.69, 9.17) is 4.74 Å². The molecule has 3 aliphatic heterocycles. The van der Waals surface area contributed by atoms with Crippen LogP contribution >= 0.6 is 11.8 Å². The Bertz CT molecular complexity index is 1420. The number of nitrogens with zero attached hydrogens (tertiary/aromatic N) is 5. The second-order valence-electron chi connectivity index (χ2n) is 8.99. The van der Waals surface area contributed by atoms with Gasteiger partial charge in [-0.2, -0.15) is 5.10 Å². The molecule has 3 aliphatic rings. The predicted molar refractivity (Wildman–Crippen MR) is 139 cm³/mol. The minimum absolute atomic E-state index is 0.147. The lowest BCUT2D eigenvalue weighted by atomic mass is 9.99. The molecule has 3 atom stereocenters. The van der Waals surface area contributed by atoms with Crippen LogP contribution in [0.15, 0.2) is 72.5 Å². The first-order valence-electron chi connectivity index (χ1n) is 12.1. The fourth-order valence-electron chi connectivity index (χ4n) is 4.90. The number of aromatic nitrogens is 3. The van der Waals surface area contributed by atoms with E-state index in [1.807, 2.05) is 0 Å². The molecule has 0 saturated carbocycles. The number of urea groups is 1. The first-order valence-corrected chi connectivity index (χ1v) is 12.9. The zero-order valence-electron chi connectivity index (χ0n) is 20.1. The van der Waals surface area contributed by atoms with Crippen LogP contribution in [-0.4, -0.2) is 62.3 Å². The number of carbonyl (C=O) groups excluding carboxylic acids is 3. The van der Waals surface area contributed by atoms with Gasteiger partial charge in [0.25, 0.3) is 0 Å². The van der Waals surface area contributed by atoms with Gasteiger partial charge in [-0.05, 0) is 48.9 Å². The van der Waals surface area contributed by atoms with E-state index in [-0.39, 0.29) is 23.9 Å². The van der Waals surface area contributed by atoms with E-state index in [0.29, 0.717) is 47.5 Å². The molecule has 4 amide bonds. The van der Waals surface area contributed by atoms with E-state index in [9.17, 15) is 14.4 Å². The number of benzene rings is 1. The molecular weight excluding hydrogens is 506 g/mol. The Balaban J connectivity index is 1.20. The van der Waals surface area contributed by atoms with Crippen molar-refractivity contribution in [2.45, 2.75) is 28.8 Å². The number of pyridine rings is 1. The fourth-order valence-corrected chi connectivity index (χ4v) is 6.13. The maximum Gasteiger partial charge on any atom is 0.327 e. The van der Waals surface area contributed by atoms with Gasteiger partial charge in [-0.3, -0.25) is 14.5 Å². The number of amides is 4. The highest BCUT2D eigenvalue weighted by Gasteiger charge is 2.47. The van der Waals surface area contributed by atoms with Gasteiger partial charge in [0, 0.05) is 43.2 Å². The minimum Gasteiger partial charge on any atom is -0.438 e. The number of carbonyl (C=O) groups is 3. The van der Waals surface area contributed by atoms with Crippen molar-refractivity contribution in [3.05, 3.63) is 73.1 Å². The van der Waals surface area contributed by atoms with Crippen molar-refractivity contribution in [3.8, 4) is 11.6 Å². The lowest BCUT2D eigenvalue weighted by Crippen LogP contribution is -2.50. The van der Waals surface area contributed by atoms with E-state index in [0.717, 1.165) is 5.56 Å². The maximum absolute atomic E-state index is 13.3. The second kappa shape index (κ2) is 9.78. The largest absolute Gasteiger partial charge is 0.438 e. The summed E-state index contributed by atoms with van der Waals surface area (Å²) in [5.41, 5.74) is 2.13. The van der Waals surface area contributed by atoms with Crippen molar-refractivity contribution in [2.75, 3.05) is 18.0 Å². The van der Waals surface area contributed by atoms with Gasteiger partial charge in [0.1, 0.15) is 16.0 Å². The summed E-state index contributed by atoms with van der Waals surface area (Å²) in [6.07, 6.45) is 5.15. The van der Waals surface area contributed by atoms with Crippen molar-refractivity contribution >= 4 is 41.0 Å². The Hall–Kier alpha value is -4.45. The van der Waals surface area contributed by atoms with Crippen LogP contribution in [0.2, 0.25) is 0 Å². The Morgan fingerprint density at radius 1 is 1.18 bits per heavy atom. The molecule has 1 aromatic carbocycles. The van der Waals surface area contributed by atoms with Crippen LogP contribution in [0.3, 0.4) is 0 Å². The molecule has 0 bridgehead atoms. The van der Waals surface area contributed by atoms with Gasteiger partial charge in [0.05, 0.1) is 17.4 Å². The van der Waals surface area contributed by atoms with Crippen LogP contribution in [0.1, 0.15) is 18.0 Å². The van der Waals surface area contributed by atoms with E-state index in [1.165, 1.54) is 17.8 Å². The molecule has 2 aromatic heterocycles. The van der Waals surface area contributed by atoms with Crippen molar-refractivity contribution < 1.29 is 19.1 Å². The number of hydrogen-bond acceptors (Lipinski definition) is 8. The molecule has 38 heavy (non-hydrogen) atoms. The number of nitrogens with one attached hydrogen (secondary N) is 2. The van der Waals surface area contributed by atoms with Crippen LogP contribution in [0.25, 0.3) is 0 Å². The van der Waals surface area contributed by atoms with Gasteiger partial charge >= 0.3 is 6.03 Å². The highest BCUT2D eigenvalue weighted by atomic mass is 32.2. The highest BCUT2D eigenvalue weighted by molar-refractivity contribution is 8.01. The molecule has 0 radical (unpaired) electrons. The van der Waals surface area contributed by atoms with Gasteiger partial charge in [0.2, 0.25) is 17.7 Å². The van der Waals surface area contributed by atoms with Gasteiger partial charge in [-0.1, -0.05) is 18.3 Å². The smallest absolute Gasteiger partial charge is 0.327 e. The van der Waals surface area contributed by atoms with Crippen LogP contribution in [0.4, 0.5) is 16.2 Å². The number of thioether (sulfide) groups is 1. The zero-order chi connectivity index (χ0) is 26.2. The molecule has 5 heterocycles. The van der Waals surface area contributed by atoms with Crippen molar-refractivity contribution in [1.82, 2.24) is 30.7 Å². The SMILES string of the molecule is C=CC(=O)N1CCC(NC(=O)[C@@H]2Sc3nccc4c3C2NC(=O)N4c2ccc(Oc3cccnn3)cc2)C1. The number of anilines is 2. The quantitative estimate of drug-likeness (QED) is 0.467. The number of rotatable bonds is 6. The predicted octanol–water partition coefficient (Wildman–Crippen LogP) is 2.94. The molecule has 1 saturated heterocycles. The second-order valence-corrected chi connectivity index (χ2v) is 10.1. The third-order valence-corrected chi connectivity index (χ3v) is 7.94. The van der Waals surface area contributed by atoms with E-state index in [2.05, 4.69) is 32.4 Å². The average Bonchev–Trinajstić information content (AvgIpc) is 3.55. The average molecular weight is 530 g/mol. The molecule has 192 valence electrons. The Kier molecular flexibility index (Phi) is 6.16. The summed E-state index contributed by atoms with van der Waals surface area (Å²) in [5.74, 6) is 0.578. The van der Waals surface area contributed by atoms with Crippen LogP contribution in [0.5, 0.6) is 11.6 Å². The van der Waals surface area contributed by atoms with E-state index < -0.39 is 11.3 Å². The standard InChI is InChI=1S/C26H23N7O4S/c1-2-20(34)32-13-10-15(14-32)29-24(35)23-22-21-18(9-12-27-25(21)38-23)33(26(36)30-22)16-5-7-17(8-6-16)37-19-4-3-11-28-31-19/h2-9,11-12,15,22-23H,1,10,13-14H2,(H,29,35)(H,30,36)/t15?,22?,23-/m1/s1. The third-order valence-electron chi connectivity index (χ3n) is 6.65. The van der Waals surface area contributed by atoms with Crippen molar-refractivity contribution in [1.29, 1.82) is 0 Å². The highest BCUT2D eigenvalue weighted by Crippen LogP contribution is 2.50. The van der Waals surface area contributed by atoms with Gasteiger partial charge in [-0.25, -0.2) is 9.78 Å². The number of hydrogen-bond donors (Lipinski definition) is 2. The lowest BCUT2D eigenvalue weighted by molar-refractivity contribution is -0.126. The number of ether oxygens (including phenoxy) is 1. The Morgan fingerprint density at radius 3 is 2.79 bits per heavy atom. The summed E-state index contributed by atoms with van der Waals surface area (Å²) in [7, 11) is 0. The summed E-state index contributed by atoms with van der Waals surface area (Å²) < 4.78 is 5.71. The molecule has 1 fully saturated rings. The molecule has 12 heteroatoms. The minimum atomic E-state index is -0.573. The molecular formula is C26H23N7O4S. The van der Waals surface area contributed by atoms with Gasteiger partial charge in [-0.15, -0.1) is 5.10 Å². The summed E-state index contributed by atoms with van der Waals surface area (Å²) in [6.45, 7) is 4.53. The fraction of sp³-hybridized carbons (Fsp3) is 0.231. The monoisotopic (exact) mass is 529 g/mol. The molecule has 2 unspecified atom stereocenters. The molecule has 11 nitrogen and oxygen atoms in total. The third kappa shape index (κ3) is 4.32. The first kappa shape index (κ1) is 23.9. The van der Waals surface area contributed by atoms with E-state index in [1.54, 1.807) is 64.7 Å².